The molecule has 5 aromatic carbocycles. The number of rotatable bonds is 8. The third-order valence-corrected chi connectivity index (χ3v) is 10.4. The number of carbonyl (C=O) groups excluding carboxylic acids is 1. The normalized spacial score (nSPS) is 11.8. The molecule has 0 saturated heterocycles. The molecule has 1 heterocycles. The summed E-state index contributed by atoms with van der Waals surface area (Å²) in [5.41, 5.74) is -13.9. The van der Waals surface area contributed by atoms with Crippen LogP contribution in [-0.4, -0.2) is 31.6 Å². The zero-order valence-electron chi connectivity index (χ0n) is 30.5. The zero-order valence-corrected chi connectivity index (χ0v) is 31.3. The molecule has 0 atom stereocenters. The van der Waals surface area contributed by atoms with Gasteiger partial charge in [0.15, 0.2) is 92.0 Å². The summed E-state index contributed by atoms with van der Waals surface area (Å²) in [6, 6.07) is 6.06. The molecule has 0 bridgehead atoms. The summed E-state index contributed by atoms with van der Waals surface area (Å²) < 4.78 is 319. The number of benzene rings is 5. The zero-order chi connectivity index (χ0) is 48.2. The van der Waals surface area contributed by atoms with Crippen LogP contribution in [0.3, 0.4) is 0 Å². The molecule has 0 aliphatic rings. The SMILES string of the molecule is CS(=O)(=O)c1cccc(C(=O)C[n+]2ccncc2)c1.Fc1c(F)c(F)c([B-](c2c(F)c(F)c(F)c(F)c2F)(c2c(F)c(F)c(F)c(F)c2F)c2c(F)c(F)c(F)c(F)c2F)c(F)c1F. The van der Waals surface area contributed by atoms with Crippen LogP contribution in [0.4, 0.5) is 87.8 Å². The van der Waals surface area contributed by atoms with Gasteiger partial charge < -0.3 is 0 Å². The van der Waals surface area contributed by atoms with Gasteiger partial charge in [0, 0.05) is 11.8 Å². The van der Waals surface area contributed by atoms with Crippen molar-refractivity contribution in [3.8, 4) is 0 Å². The number of nitrogens with zero attached hydrogens (tertiary/aromatic N) is 2. The fourth-order valence-corrected chi connectivity index (χ4v) is 7.15. The second-order valence-electron chi connectivity index (χ2n) is 12.9. The molecule has 0 N–H and O–H groups in total. The second-order valence-corrected chi connectivity index (χ2v) is 15.0. The second kappa shape index (κ2) is 17.6. The van der Waals surface area contributed by atoms with Gasteiger partial charge in [0.25, 0.3) is 0 Å². The topological polar surface area (TPSA) is 68.0 Å². The maximum Gasteiger partial charge on any atom is 0.227 e. The highest BCUT2D eigenvalue weighted by Crippen LogP contribution is 2.31. The number of ketones is 1. The van der Waals surface area contributed by atoms with E-state index in [2.05, 4.69) is 4.98 Å². The molecule has 0 aliphatic heterocycles. The van der Waals surface area contributed by atoms with E-state index < -0.39 is 154 Å². The van der Waals surface area contributed by atoms with E-state index in [0.29, 0.717) is 5.56 Å². The van der Waals surface area contributed by atoms with Crippen molar-refractivity contribution < 1.29 is 106 Å². The van der Waals surface area contributed by atoms with Crippen molar-refractivity contribution >= 4 is 43.6 Å². The quantitative estimate of drug-likeness (QED) is 0.0437. The Morgan fingerprint density at radius 1 is 0.469 bits per heavy atom. The molecule has 6 aromatic rings. The van der Waals surface area contributed by atoms with Crippen molar-refractivity contribution in [3.05, 3.63) is 171 Å². The molecule has 27 heteroatoms. The molecule has 0 fully saturated rings. The molecule has 0 aliphatic carbocycles. The Labute approximate surface area is 342 Å². The fraction of sp³-hybridized carbons (Fsp3) is 0.0541. The van der Waals surface area contributed by atoms with Gasteiger partial charge in [-0.3, -0.25) is 9.78 Å². The van der Waals surface area contributed by atoms with Crippen LogP contribution in [0, 0.1) is 116 Å². The lowest BCUT2D eigenvalue weighted by molar-refractivity contribution is -0.683. The molecule has 0 saturated carbocycles. The molecule has 6 rings (SSSR count). The molecule has 0 amide bonds. The standard InChI is InChI=1S/C24BF20.C13H13N2O3S/c26-5-1(6(27)14(35)21(42)13(5)34)25(2-7(28)15(36)22(43)16(37)8(2)29,3-9(30)17(38)23(44)18(39)10(3)31)4-11(32)19(40)24(45)20(41)12(4)33;1-19(17,18)12-4-2-3-11(9-12)13(16)10-15-7-5-14-6-8-15/h;2-9H,10H2,1H3/q-1;+1. The first-order valence-corrected chi connectivity index (χ1v) is 18.4. The lowest BCUT2D eigenvalue weighted by Gasteiger charge is -2.44. The maximum atomic E-state index is 15.4. The van der Waals surface area contributed by atoms with Crippen LogP contribution in [0.1, 0.15) is 10.4 Å². The summed E-state index contributed by atoms with van der Waals surface area (Å²) in [5.74, 6) is -71.6. The van der Waals surface area contributed by atoms with Crippen molar-refractivity contribution in [2.45, 2.75) is 11.4 Å². The molecular weight excluding hydrogens is 943 g/mol. The fourth-order valence-electron chi connectivity index (χ4n) is 6.48. The van der Waals surface area contributed by atoms with Gasteiger partial charge in [-0.2, -0.15) is 4.57 Å². The van der Waals surface area contributed by atoms with Crippen LogP contribution in [0.5, 0.6) is 0 Å². The Hall–Kier alpha value is -6.54. The van der Waals surface area contributed by atoms with Gasteiger partial charge in [-0.05, 0) is 12.1 Å². The highest BCUT2D eigenvalue weighted by atomic mass is 32.2. The van der Waals surface area contributed by atoms with E-state index in [0.717, 1.165) is 6.26 Å². The average molecular weight is 956 g/mol. The number of hydrogen-bond acceptors (Lipinski definition) is 4. The molecule has 0 radical (unpaired) electrons. The van der Waals surface area contributed by atoms with E-state index in [1.165, 1.54) is 12.1 Å². The summed E-state index contributed by atoms with van der Waals surface area (Å²) in [5, 5.41) is 0. The van der Waals surface area contributed by atoms with Gasteiger partial charge in [0.05, 0.1) is 17.3 Å². The Morgan fingerprint density at radius 2 is 0.734 bits per heavy atom. The highest BCUT2D eigenvalue weighted by molar-refractivity contribution is 7.90. The maximum absolute atomic E-state index is 15.4. The third kappa shape index (κ3) is 7.78. The number of carbonyl (C=O) groups is 1. The molecule has 5 nitrogen and oxygen atoms in total. The van der Waals surface area contributed by atoms with Crippen LogP contribution < -0.4 is 26.4 Å². The smallest absolute Gasteiger partial charge is 0.227 e. The number of sulfone groups is 1. The van der Waals surface area contributed by atoms with Gasteiger partial charge in [-0.1, -0.05) is 12.1 Å². The molecule has 338 valence electrons. The van der Waals surface area contributed by atoms with Crippen LogP contribution >= 0.6 is 0 Å². The average Bonchev–Trinajstić information content (AvgIpc) is 3.26. The minimum absolute atomic E-state index is 0.149. The monoisotopic (exact) mass is 956 g/mol. The molecule has 0 spiro atoms. The van der Waals surface area contributed by atoms with Gasteiger partial charge in [0.2, 0.25) is 12.3 Å². The summed E-state index contributed by atoms with van der Waals surface area (Å²) in [6.45, 7) is 0.149. The summed E-state index contributed by atoms with van der Waals surface area (Å²) >= 11 is 0. The molecule has 1 aromatic heterocycles. The highest BCUT2D eigenvalue weighted by Gasteiger charge is 2.52. The first kappa shape index (κ1) is 48.5. The van der Waals surface area contributed by atoms with Crippen molar-refractivity contribution in [2.24, 2.45) is 0 Å². The van der Waals surface area contributed by atoms with Crippen LogP contribution in [0.15, 0.2) is 53.9 Å². The van der Waals surface area contributed by atoms with Gasteiger partial charge >= 0.3 is 0 Å². The van der Waals surface area contributed by atoms with Gasteiger partial charge in [0.1, 0.15) is 52.7 Å². The first-order chi connectivity index (χ1) is 29.7. The van der Waals surface area contributed by atoms with Crippen LogP contribution in [-0.2, 0) is 16.4 Å². The Balaban J connectivity index is 0.000000337. The molecule has 0 unspecified atom stereocenters. The van der Waals surface area contributed by atoms with Crippen molar-refractivity contribution in [1.82, 2.24) is 4.98 Å². The largest absolute Gasteiger partial charge is 0.287 e. The Kier molecular flexibility index (Phi) is 13.3. The Morgan fingerprint density at radius 3 is 1.00 bits per heavy atom. The Bertz CT molecular complexity index is 2650. The summed E-state index contributed by atoms with van der Waals surface area (Å²) in [6.07, 6.45) is 0.427. The predicted octanol–water partition coefficient (Wildman–Crippen LogP) is 6.50. The number of halogens is 20. The molecular formula is C37H13BF20N2O3S. The number of Topliss-reactive ketones (excluding diaryl/α,β-unsaturated/α-hetero) is 1. The minimum Gasteiger partial charge on any atom is -0.287 e. The van der Waals surface area contributed by atoms with Gasteiger partial charge in [-0.15, -0.1) is 21.9 Å². The summed E-state index contributed by atoms with van der Waals surface area (Å²) in [7, 11) is -3.30. The third-order valence-electron chi connectivity index (χ3n) is 9.31. The van der Waals surface area contributed by atoms with E-state index in [1.54, 1.807) is 41.5 Å². The van der Waals surface area contributed by atoms with Crippen molar-refractivity contribution in [1.29, 1.82) is 0 Å². The van der Waals surface area contributed by atoms with E-state index in [-0.39, 0.29) is 17.2 Å². The van der Waals surface area contributed by atoms with E-state index in [1.807, 2.05) is 0 Å². The minimum atomic E-state index is -7.22. The molecule has 64 heavy (non-hydrogen) atoms. The van der Waals surface area contributed by atoms with Crippen molar-refractivity contribution in [3.63, 3.8) is 0 Å². The summed E-state index contributed by atoms with van der Waals surface area (Å²) in [4.78, 5) is 16.1. The first-order valence-electron chi connectivity index (χ1n) is 16.5. The van der Waals surface area contributed by atoms with E-state index in [9.17, 15) is 65.9 Å². The lowest BCUT2D eigenvalue weighted by atomic mass is 9.12. The number of aromatic nitrogens is 2. The van der Waals surface area contributed by atoms with Crippen molar-refractivity contribution in [2.75, 3.05) is 6.26 Å². The van der Waals surface area contributed by atoms with Crippen LogP contribution in [0.25, 0.3) is 0 Å². The van der Waals surface area contributed by atoms with E-state index >= 15 is 35.1 Å². The van der Waals surface area contributed by atoms with Crippen LogP contribution in [0.2, 0.25) is 0 Å². The lowest BCUT2D eigenvalue weighted by Crippen LogP contribution is -2.81. The number of hydrogen-bond donors (Lipinski definition) is 0. The van der Waals surface area contributed by atoms with Gasteiger partial charge in [-0.25, -0.2) is 96.2 Å². The predicted molar refractivity (Wildman–Crippen MR) is 178 cm³/mol. The van der Waals surface area contributed by atoms with E-state index in [4.69, 9.17) is 0 Å².